The predicted molar refractivity (Wildman–Crippen MR) is 254 cm³/mol. The van der Waals surface area contributed by atoms with Crippen molar-refractivity contribution in [2.45, 2.75) is 206 Å². The molecule has 0 spiro atoms. The third-order valence-electron chi connectivity index (χ3n) is 9.94. The molecule has 0 radical (unpaired) electrons. The highest BCUT2D eigenvalue weighted by atomic mass is 31.2. The normalized spacial score (nSPS) is 14.3. The minimum Gasteiger partial charge on any atom is -0.480 e. The molecule has 0 aromatic rings. The lowest BCUT2D eigenvalue weighted by Gasteiger charge is -2.20. The van der Waals surface area contributed by atoms with Crippen LogP contribution in [0.3, 0.4) is 0 Å². The van der Waals surface area contributed by atoms with Crippen LogP contribution in [0.2, 0.25) is 0 Å². The summed E-state index contributed by atoms with van der Waals surface area (Å²) >= 11 is 0. The lowest BCUT2D eigenvalue weighted by atomic mass is 10.1. The van der Waals surface area contributed by atoms with Crippen LogP contribution in [0.25, 0.3) is 0 Å². The third kappa shape index (κ3) is 43.6. The topological polar surface area (TPSA) is 172 Å². The largest absolute Gasteiger partial charge is 0.480 e. The van der Waals surface area contributed by atoms with Gasteiger partial charge in [0.2, 0.25) is 0 Å². The van der Waals surface area contributed by atoms with Gasteiger partial charge in [0, 0.05) is 12.8 Å². The maximum absolute atomic E-state index is 12.6. The summed E-state index contributed by atoms with van der Waals surface area (Å²) in [5.41, 5.74) is 5.34. The second kappa shape index (κ2) is 44.5. The van der Waals surface area contributed by atoms with Crippen molar-refractivity contribution in [3.63, 3.8) is 0 Å². The fourth-order valence-corrected chi connectivity index (χ4v) is 6.94. The molecule has 0 bridgehead atoms. The van der Waals surface area contributed by atoms with Gasteiger partial charge >= 0.3 is 25.7 Å². The third-order valence-corrected chi connectivity index (χ3v) is 10.9. The monoisotopic (exact) mass is 892 g/mol. The first-order chi connectivity index (χ1) is 30.1. The number of aliphatic carboxylic acids is 1. The minimum atomic E-state index is -4.74. The molecule has 62 heavy (non-hydrogen) atoms. The summed E-state index contributed by atoms with van der Waals surface area (Å²) in [6, 6.07) is -1.54. The van der Waals surface area contributed by atoms with Crippen molar-refractivity contribution in [2.24, 2.45) is 5.73 Å². The maximum atomic E-state index is 12.6. The quantitative estimate of drug-likeness (QED) is 0.0230. The van der Waals surface area contributed by atoms with Crippen molar-refractivity contribution in [2.75, 3.05) is 19.8 Å². The van der Waals surface area contributed by atoms with Gasteiger partial charge in [-0.15, -0.1) is 0 Å². The molecule has 0 heterocycles. The number of rotatable bonds is 44. The van der Waals surface area contributed by atoms with Gasteiger partial charge in [0.25, 0.3) is 0 Å². The van der Waals surface area contributed by atoms with E-state index < -0.39 is 51.1 Å². The average molecular weight is 892 g/mol. The second-order valence-electron chi connectivity index (χ2n) is 15.9. The number of esters is 2. The first kappa shape index (κ1) is 58.9. The molecular formula is C50H86NO10P. The number of phosphoric ester groups is 1. The Morgan fingerprint density at radius 1 is 0.500 bits per heavy atom. The van der Waals surface area contributed by atoms with Gasteiger partial charge in [-0.2, -0.15) is 0 Å². The van der Waals surface area contributed by atoms with E-state index in [0.717, 1.165) is 51.4 Å². The number of carbonyl (C=O) groups is 3. The van der Waals surface area contributed by atoms with E-state index in [1.165, 1.54) is 103 Å². The van der Waals surface area contributed by atoms with E-state index >= 15 is 0 Å². The molecule has 4 N–H and O–H groups in total. The molecule has 0 aromatic carbocycles. The van der Waals surface area contributed by atoms with Gasteiger partial charge in [-0.25, -0.2) is 4.57 Å². The molecule has 3 atom stereocenters. The van der Waals surface area contributed by atoms with Crippen molar-refractivity contribution in [1.82, 2.24) is 0 Å². The molecule has 0 saturated carbocycles. The van der Waals surface area contributed by atoms with Crippen LogP contribution in [0.5, 0.6) is 0 Å². The fraction of sp³-hybridized carbons (Fsp3) is 0.700. The zero-order valence-electron chi connectivity index (χ0n) is 38.7. The van der Waals surface area contributed by atoms with Crippen LogP contribution in [-0.4, -0.2) is 59.9 Å². The molecule has 356 valence electrons. The molecule has 12 heteroatoms. The minimum absolute atomic E-state index is 0.0347. The van der Waals surface area contributed by atoms with E-state index in [1.807, 2.05) is 12.2 Å². The van der Waals surface area contributed by atoms with Crippen LogP contribution >= 0.6 is 7.82 Å². The first-order valence-electron chi connectivity index (χ1n) is 24.0. The summed E-state index contributed by atoms with van der Waals surface area (Å²) in [6.45, 7) is 2.70. The fourth-order valence-electron chi connectivity index (χ4n) is 6.16. The molecule has 0 aromatic heterocycles. The zero-order valence-corrected chi connectivity index (χ0v) is 39.6. The van der Waals surface area contributed by atoms with E-state index in [9.17, 15) is 23.8 Å². The molecule has 1 unspecified atom stereocenters. The molecular weight excluding hydrogens is 806 g/mol. The molecule has 11 nitrogen and oxygen atoms in total. The maximum Gasteiger partial charge on any atom is 0.472 e. The van der Waals surface area contributed by atoms with Gasteiger partial charge in [-0.1, -0.05) is 177 Å². The molecule has 0 rings (SSSR count). The van der Waals surface area contributed by atoms with Gasteiger partial charge < -0.3 is 25.2 Å². The van der Waals surface area contributed by atoms with E-state index in [0.29, 0.717) is 12.8 Å². The highest BCUT2D eigenvalue weighted by molar-refractivity contribution is 7.47. The molecule has 0 amide bonds. The molecule has 0 aliphatic rings. The summed E-state index contributed by atoms with van der Waals surface area (Å²) in [7, 11) is -4.74. The van der Waals surface area contributed by atoms with Crippen molar-refractivity contribution in [1.29, 1.82) is 0 Å². The predicted octanol–water partition coefficient (Wildman–Crippen LogP) is 13.3. The Labute approximate surface area is 376 Å². The van der Waals surface area contributed by atoms with Crippen molar-refractivity contribution >= 4 is 25.7 Å². The van der Waals surface area contributed by atoms with Gasteiger partial charge in [0.1, 0.15) is 12.6 Å². The number of ether oxygens (including phenoxy) is 2. The highest BCUT2D eigenvalue weighted by Crippen LogP contribution is 2.43. The van der Waals surface area contributed by atoms with Crippen LogP contribution in [0.1, 0.15) is 194 Å². The van der Waals surface area contributed by atoms with Crippen LogP contribution in [-0.2, 0) is 37.5 Å². The Kier molecular flexibility index (Phi) is 42.3. The number of phosphoric acid groups is 1. The highest BCUT2D eigenvalue weighted by Gasteiger charge is 2.28. The van der Waals surface area contributed by atoms with Gasteiger partial charge in [0.15, 0.2) is 6.10 Å². The number of hydrogen-bond acceptors (Lipinski definition) is 9. The summed E-state index contributed by atoms with van der Waals surface area (Å²) in [4.78, 5) is 46.0. The van der Waals surface area contributed by atoms with Crippen LogP contribution in [0.15, 0.2) is 72.9 Å². The number of nitrogens with two attached hydrogens (primary N) is 1. The molecule has 0 aliphatic heterocycles. The number of carboxylic acids is 1. The van der Waals surface area contributed by atoms with Crippen molar-refractivity contribution < 1.29 is 47.5 Å². The van der Waals surface area contributed by atoms with Crippen LogP contribution < -0.4 is 5.73 Å². The van der Waals surface area contributed by atoms with Gasteiger partial charge in [-0.05, 0) is 77.0 Å². The number of carboxylic acid groups (broad SMARTS) is 1. The number of carbonyl (C=O) groups excluding carboxylic acids is 2. The molecule has 0 fully saturated rings. The van der Waals surface area contributed by atoms with E-state index in [2.05, 4.69) is 79.1 Å². The van der Waals surface area contributed by atoms with Gasteiger partial charge in [-0.3, -0.25) is 23.4 Å². The first-order valence-corrected chi connectivity index (χ1v) is 25.5. The number of unbranched alkanes of at least 4 members (excludes halogenated alkanes) is 18. The van der Waals surface area contributed by atoms with E-state index in [4.69, 9.17) is 24.8 Å². The Bertz CT molecular complexity index is 1320. The van der Waals surface area contributed by atoms with Gasteiger partial charge in [0.05, 0.1) is 13.2 Å². The van der Waals surface area contributed by atoms with Crippen molar-refractivity contribution in [3.05, 3.63) is 72.9 Å². The smallest absolute Gasteiger partial charge is 0.472 e. The zero-order chi connectivity index (χ0) is 45.6. The van der Waals surface area contributed by atoms with Crippen molar-refractivity contribution in [3.8, 4) is 0 Å². The summed E-state index contributed by atoms with van der Waals surface area (Å²) in [5, 5.41) is 8.91. The Morgan fingerprint density at radius 2 is 0.887 bits per heavy atom. The van der Waals surface area contributed by atoms with E-state index in [1.54, 1.807) is 0 Å². The number of hydrogen-bond donors (Lipinski definition) is 3. The summed E-state index contributed by atoms with van der Waals surface area (Å²) < 4.78 is 32.7. The molecule has 0 aliphatic carbocycles. The summed E-state index contributed by atoms with van der Waals surface area (Å²) in [5.74, 6) is -2.49. The lowest BCUT2D eigenvalue weighted by Crippen LogP contribution is -2.34. The molecule has 0 saturated heterocycles. The van der Waals surface area contributed by atoms with Crippen LogP contribution in [0, 0.1) is 0 Å². The Balaban J connectivity index is 4.42. The SMILES string of the molecule is CCCCC/C=C/C/C=C/C/C=C/C/C=C/C/C=C/CCC(=O)O[C@H](COC(=O)CCCCCCCCCCC/C=C/CCCCCCCC)COP(=O)(O)OC[C@H](N)C(=O)O. The second-order valence-corrected chi connectivity index (χ2v) is 17.3. The Morgan fingerprint density at radius 3 is 1.39 bits per heavy atom. The lowest BCUT2D eigenvalue weighted by molar-refractivity contribution is -0.161. The average Bonchev–Trinajstić information content (AvgIpc) is 3.25. The number of allylic oxidation sites excluding steroid dienone is 12. The van der Waals surface area contributed by atoms with Crippen LogP contribution in [0.4, 0.5) is 0 Å². The Hall–Kier alpha value is -3.08. The van der Waals surface area contributed by atoms with E-state index in [-0.39, 0.29) is 19.4 Å². The summed E-state index contributed by atoms with van der Waals surface area (Å²) in [6.07, 6.45) is 54.1. The standard InChI is InChI=1S/C50H86NO10P/c1-3-5-7-9-11-13-15-17-19-21-23-25-27-29-31-33-35-37-39-41-48(52)58-43-46(44-59-62(56,57)60-45-47(51)50(54)55)61-49(53)42-40-38-36-34-32-30-28-26-24-22-20-18-16-14-12-10-8-6-4-2/h12,14,17-20,24,26,30,32,36,38,46-47H,3-11,13,15-16,21-23,25,27-29,31,33-35,37,39-45,51H2,1-2H3,(H,54,55)(H,56,57)/b14-12+,19-17+,20-18+,26-24+,32-30+,38-36+/t46-,47+/m1/s1.